The maximum atomic E-state index is 5.74. The first-order valence-electron chi connectivity index (χ1n) is 4.88. The Hall–Kier alpha value is -1.76. The van der Waals surface area contributed by atoms with Gasteiger partial charge in [0.05, 0.1) is 0 Å². The van der Waals surface area contributed by atoms with E-state index in [9.17, 15) is 0 Å². The maximum Gasteiger partial charge on any atom is 0.130 e. The highest BCUT2D eigenvalue weighted by molar-refractivity contribution is 5.36. The van der Waals surface area contributed by atoms with Crippen molar-refractivity contribution >= 4 is 0 Å². The van der Waals surface area contributed by atoms with Crippen LogP contribution in [-0.2, 0) is 0 Å². The molecule has 0 saturated heterocycles. The number of hydrogen-bond donors (Lipinski definition) is 0. The smallest absolute Gasteiger partial charge is 0.130 e. The minimum atomic E-state index is 0.749. The quantitative estimate of drug-likeness (QED) is 0.527. The van der Waals surface area contributed by atoms with E-state index in [4.69, 9.17) is 4.74 Å². The summed E-state index contributed by atoms with van der Waals surface area (Å²) in [5, 5.41) is 0. The number of hydrogen-bond acceptors (Lipinski definition) is 1. The monoisotopic (exact) mass is 200 g/mol. The molecule has 0 aromatic heterocycles. The van der Waals surface area contributed by atoms with Crippen molar-refractivity contribution in [3.05, 3.63) is 66.5 Å². The maximum absolute atomic E-state index is 5.74. The lowest BCUT2D eigenvalue weighted by molar-refractivity contribution is 0.437. The summed E-state index contributed by atoms with van der Waals surface area (Å²) in [6.07, 6.45) is 3.46. The fourth-order valence-electron chi connectivity index (χ4n) is 1.17. The van der Waals surface area contributed by atoms with Crippen molar-refractivity contribution in [2.45, 2.75) is 13.8 Å². The lowest BCUT2D eigenvalue weighted by Gasteiger charge is -2.10. The van der Waals surface area contributed by atoms with Crippen LogP contribution in [0, 0.1) is 6.92 Å². The number of aryl methyl sites for hydroxylation is 1. The Morgan fingerprint density at radius 1 is 1.20 bits per heavy atom. The van der Waals surface area contributed by atoms with E-state index in [1.54, 1.807) is 12.2 Å². The van der Waals surface area contributed by atoms with E-state index in [0.717, 1.165) is 22.6 Å². The zero-order valence-electron chi connectivity index (χ0n) is 9.29. The Kier molecular flexibility index (Phi) is 3.92. The van der Waals surface area contributed by atoms with Gasteiger partial charge in [-0.1, -0.05) is 37.4 Å². The highest BCUT2D eigenvalue weighted by Crippen LogP contribution is 2.20. The Morgan fingerprint density at radius 3 is 2.40 bits per heavy atom. The molecule has 0 atom stereocenters. The SMILES string of the molecule is C=C/C(C)=C(\C=C)Oc1ccccc1C. The summed E-state index contributed by atoms with van der Waals surface area (Å²) in [6, 6.07) is 7.89. The van der Waals surface area contributed by atoms with Crippen molar-refractivity contribution in [2.24, 2.45) is 0 Å². The molecule has 1 nitrogen and oxygen atoms in total. The zero-order valence-corrected chi connectivity index (χ0v) is 9.29. The zero-order chi connectivity index (χ0) is 11.3. The minimum absolute atomic E-state index is 0.749. The van der Waals surface area contributed by atoms with Gasteiger partial charge in [0.25, 0.3) is 0 Å². The highest BCUT2D eigenvalue weighted by atomic mass is 16.5. The summed E-state index contributed by atoms with van der Waals surface area (Å²) < 4.78 is 5.74. The molecule has 0 bridgehead atoms. The van der Waals surface area contributed by atoms with Crippen LogP contribution in [0.25, 0.3) is 0 Å². The van der Waals surface area contributed by atoms with E-state index in [2.05, 4.69) is 13.2 Å². The van der Waals surface area contributed by atoms with Crippen molar-refractivity contribution in [3.8, 4) is 5.75 Å². The van der Waals surface area contributed by atoms with E-state index < -0.39 is 0 Å². The molecule has 0 aliphatic carbocycles. The molecule has 15 heavy (non-hydrogen) atoms. The lowest BCUT2D eigenvalue weighted by Crippen LogP contribution is -1.96. The van der Waals surface area contributed by atoms with Gasteiger partial charge >= 0.3 is 0 Å². The van der Waals surface area contributed by atoms with Gasteiger partial charge < -0.3 is 4.74 Å². The van der Waals surface area contributed by atoms with Crippen molar-refractivity contribution in [3.63, 3.8) is 0 Å². The fraction of sp³-hybridized carbons (Fsp3) is 0.143. The van der Waals surface area contributed by atoms with E-state index in [-0.39, 0.29) is 0 Å². The third-order valence-corrected chi connectivity index (χ3v) is 2.19. The van der Waals surface area contributed by atoms with Crippen LogP contribution < -0.4 is 4.74 Å². The van der Waals surface area contributed by atoms with Crippen LogP contribution in [-0.4, -0.2) is 0 Å². The van der Waals surface area contributed by atoms with Crippen molar-refractivity contribution in [2.75, 3.05) is 0 Å². The van der Waals surface area contributed by atoms with Gasteiger partial charge in [0, 0.05) is 0 Å². The van der Waals surface area contributed by atoms with Gasteiger partial charge in [-0.3, -0.25) is 0 Å². The Bertz CT molecular complexity index is 400. The number of allylic oxidation sites excluding steroid dienone is 3. The van der Waals surface area contributed by atoms with E-state index in [1.807, 2.05) is 38.1 Å². The first-order chi connectivity index (χ1) is 7.19. The van der Waals surface area contributed by atoms with Gasteiger partial charge in [-0.15, -0.1) is 0 Å². The molecular formula is C14H16O. The molecule has 0 unspecified atom stereocenters. The fourth-order valence-corrected chi connectivity index (χ4v) is 1.17. The van der Waals surface area contributed by atoms with Gasteiger partial charge in [0.2, 0.25) is 0 Å². The second-order valence-corrected chi connectivity index (χ2v) is 3.32. The van der Waals surface area contributed by atoms with E-state index >= 15 is 0 Å². The molecule has 0 heterocycles. The number of para-hydroxylation sites is 1. The third-order valence-electron chi connectivity index (χ3n) is 2.19. The molecule has 0 spiro atoms. The molecular weight excluding hydrogens is 184 g/mol. The largest absolute Gasteiger partial charge is 0.457 e. The molecule has 1 heteroatoms. The summed E-state index contributed by atoms with van der Waals surface area (Å²) in [5.41, 5.74) is 2.09. The molecule has 0 radical (unpaired) electrons. The Balaban J connectivity index is 2.99. The van der Waals surface area contributed by atoms with Crippen LogP contribution in [0.15, 0.2) is 60.9 Å². The molecule has 0 aliphatic heterocycles. The summed E-state index contributed by atoms with van der Waals surface area (Å²) in [6.45, 7) is 11.4. The molecule has 1 aromatic rings. The van der Waals surface area contributed by atoms with Crippen molar-refractivity contribution in [1.82, 2.24) is 0 Å². The van der Waals surface area contributed by atoms with E-state index in [1.165, 1.54) is 0 Å². The summed E-state index contributed by atoms with van der Waals surface area (Å²) >= 11 is 0. The highest BCUT2D eigenvalue weighted by Gasteiger charge is 2.01. The molecule has 0 N–H and O–H groups in total. The van der Waals surface area contributed by atoms with Gasteiger partial charge in [-0.25, -0.2) is 0 Å². The standard InChI is InChI=1S/C14H16O/c1-5-11(3)13(6-2)15-14-10-8-7-9-12(14)4/h5-10H,1-2H2,3-4H3/b13-11+. The molecule has 0 saturated carbocycles. The molecule has 78 valence electrons. The minimum Gasteiger partial charge on any atom is -0.457 e. The summed E-state index contributed by atoms with van der Waals surface area (Å²) in [7, 11) is 0. The Labute approximate surface area is 91.4 Å². The number of rotatable bonds is 4. The average Bonchev–Trinajstić information content (AvgIpc) is 2.27. The first-order valence-corrected chi connectivity index (χ1v) is 4.88. The third kappa shape index (κ3) is 2.84. The van der Waals surface area contributed by atoms with Crippen molar-refractivity contribution in [1.29, 1.82) is 0 Å². The van der Waals surface area contributed by atoms with Crippen molar-refractivity contribution < 1.29 is 4.74 Å². The predicted molar refractivity (Wildman–Crippen MR) is 64.9 cm³/mol. The topological polar surface area (TPSA) is 9.23 Å². The molecule has 1 rings (SSSR count). The lowest BCUT2D eigenvalue weighted by atomic mass is 10.2. The number of ether oxygens (including phenoxy) is 1. The molecule has 0 amide bonds. The Morgan fingerprint density at radius 2 is 1.87 bits per heavy atom. The van der Waals surface area contributed by atoms with Crippen LogP contribution in [0.5, 0.6) is 5.75 Å². The molecule has 1 aromatic carbocycles. The number of benzene rings is 1. The average molecular weight is 200 g/mol. The van der Waals surface area contributed by atoms with Gasteiger partial charge in [-0.2, -0.15) is 0 Å². The van der Waals surface area contributed by atoms with E-state index in [0.29, 0.717) is 0 Å². The molecule has 0 fully saturated rings. The molecule has 0 aliphatic rings. The predicted octanol–water partition coefficient (Wildman–Crippen LogP) is 4.02. The summed E-state index contributed by atoms with van der Waals surface area (Å²) in [5.74, 6) is 1.60. The van der Waals surface area contributed by atoms with Gasteiger partial charge in [0.1, 0.15) is 11.5 Å². The van der Waals surface area contributed by atoms with Crippen LogP contribution in [0.1, 0.15) is 12.5 Å². The van der Waals surface area contributed by atoms with Gasteiger partial charge in [-0.05, 0) is 37.1 Å². The van der Waals surface area contributed by atoms with Crippen LogP contribution in [0.3, 0.4) is 0 Å². The van der Waals surface area contributed by atoms with Gasteiger partial charge in [0.15, 0.2) is 0 Å². The summed E-state index contributed by atoms with van der Waals surface area (Å²) in [4.78, 5) is 0. The normalized spacial score (nSPS) is 11.6. The second kappa shape index (κ2) is 5.20. The van der Waals surface area contributed by atoms with Crippen LogP contribution in [0.4, 0.5) is 0 Å². The second-order valence-electron chi connectivity index (χ2n) is 3.32. The van der Waals surface area contributed by atoms with Crippen LogP contribution in [0.2, 0.25) is 0 Å². The van der Waals surface area contributed by atoms with Crippen LogP contribution >= 0.6 is 0 Å². The first kappa shape index (κ1) is 11.3.